The highest BCUT2D eigenvalue weighted by Gasteiger charge is 2.27. The Labute approximate surface area is 169 Å². The molecule has 27 heavy (non-hydrogen) atoms. The molecule has 0 radical (unpaired) electrons. The van der Waals surface area contributed by atoms with E-state index in [9.17, 15) is 9.59 Å². The first-order valence-corrected chi connectivity index (χ1v) is 11.5. The molecular weight excluding hydrogens is 378 g/mol. The average molecular weight is 408 g/mol. The van der Waals surface area contributed by atoms with Crippen LogP contribution in [0, 0.1) is 19.8 Å². The van der Waals surface area contributed by atoms with Crippen molar-refractivity contribution in [2.45, 2.75) is 70.4 Å². The lowest BCUT2D eigenvalue weighted by atomic mass is 9.86. The third-order valence-corrected chi connectivity index (χ3v) is 8.03. The van der Waals surface area contributed by atoms with Crippen molar-refractivity contribution in [3.05, 3.63) is 26.6 Å². The number of aromatic nitrogens is 2. The fourth-order valence-electron chi connectivity index (χ4n) is 3.74. The van der Waals surface area contributed by atoms with Crippen molar-refractivity contribution in [3.8, 4) is 0 Å². The molecule has 2 aromatic heterocycles. The Hall–Kier alpha value is -1.34. The van der Waals surface area contributed by atoms with Crippen molar-refractivity contribution < 1.29 is 4.79 Å². The van der Waals surface area contributed by atoms with Gasteiger partial charge in [-0.2, -0.15) is 0 Å². The molecule has 148 valence electrons. The van der Waals surface area contributed by atoms with Crippen LogP contribution in [-0.2, 0) is 10.5 Å². The second kappa shape index (κ2) is 8.35. The minimum Gasteiger partial charge on any atom is -0.342 e. The molecule has 1 aliphatic carbocycles. The number of H-pyrrole nitrogens is 1. The lowest BCUT2D eigenvalue weighted by Crippen LogP contribution is -2.42. The molecule has 3 rings (SSSR count). The number of rotatable bonds is 5. The molecule has 1 amide bonds. The Bertz CT molecular complexity index is 881. The number of aromatic amines is 1. The molecule has 2 aromatic rings. The van der Waals surface area contributed by atoms with Crippen LogP contribution < -0.4 is 5.56 Å². The number of carbonyl (C=O) groups excluding carboxylic acids is 1. The van der Waals surface area contributed by atoms with E-state index in [1.165, 1.54) is 24.6 Å². The molecule has 2 heterocycles. The van der Waals surface area contributed by atoms with E-state index >= 15 is 0 Å². The van der Waals surface area contributed by atoms with Crippen molar-refractivity contribution in [2.75, 3.05) is 7.05 Å². The van der Waals surface area contributed by atoms with E-state index in [2.05, 4.69) is 16.9 Å². The first kappa shape index (κ1) is 20.4. The van der Waals surface area contributed by atoms with Gasteiger partial charge in [-0.1, -0.05) is 6.92 Å². The van der Waals surface area contributed by atoms with E-state index in [0.29, 0.717) is 23.0 Å². The summed E-state index contributed by atoms with van der Waals surface area (Å²) in [6.45, 7) is 8.21. The number of thioether (sulfide) groups is 1. The Kier molecular flexibility index (Phi) is 6.31. The van der Waals surface area contributed by atoms with Gasteiger partial charge >= 0.3 is 0 Å². The summed E-state index contributed by atoms with van der Waals surface area (Å²) in [6.07, 6.45) is 4.61. The van der Waals surface area contributed by atoms with Crippen LogP contribution in [0.15, 0.2) is 4.79 Å². The van der Waals surface area contributed by atoms with Crippen LogP contribution in [0.25, 0.3) is 10.2 Å². The zero-order valence-corrected chi connectivity index (χ0v) is 18.4. The van der Waals surface area contributed by atoms with E-state index in [4.69, 9.17) is 0 Å². The minimum atomic E-state index is -0.151. The van der Waals surface area contributed by atoms with Crippen molar-refractivity contribution >= 4 is 39.2 Å². The van der Waals surface area contributed by atoms with Crippen LogP contribution in [0.2, 0.25) is 0 Å². The summed E-state index contributed by atoms with van der Waals surface area (Å²) in [7, 11) is 1.93. The van der Waals surface area contributed by atoms with Gasteiger partial charge in [0.05, 0.1) is 16.4 Å². The summed E-state index contributed by atoms with van der Waals surface area (Å²) < 4.78 is 0. The Morgan fingerprint density at radius 1 is 1.33 bits per heavy atom. The molecular formula is C20H29N3O2S2. The first-order valence-electron chi connectivity index (χ1n) is 9.65. The standard InChI is InChI=1S/C20H29N3O2S2/c1-11-6-8-15(9-7-11)23(5)20(25)14(4)26-10-16-21-18(24)17-12(2)13(3)27-19(17)22-16/h11,14-15H,6-10H2,1-5H3,(H,21,22,24)/t11?,14-,15?/m0/s1. The van der Waals surface area contributed by atoms with E-state index in [0.717, 1.165) is 34.0 Å². The smallest absolute Gasteiger partial charge is 0.259 e. The maximum Gasteiger partial charge on any atom is 0.259 e. The van der Waals surface area contributed by atoms with Gasteiger partial charge < -0.3 is 9.88 Å². The normalized spacial score (nSPS) is 21.4. The lowest BCUT2D eigenvalue weighted by molar-refractivity contribution is -0.131. The van der Waals surface area contributed by atoms with Gasteiger partial charge in [-0.25, -0.2) is 4.98 Å². The Morgan fingerprint density at radius 2 is 2.00 bits per heavy atom. The average Bonchev–Trinajstić information content (AvgIpc) is 2.93. The van der Waals surface area contributed by atoms with E-state index in [1.54, 1.807) is 11.3 Å². The minimum absolute atomic E-state index is 0.0788. The summed E-state index contributed by atoms with van der Waals surface area (Å²) in [6, 6.07) is 0.364. The van der Waals surface area contributed by atoms with Crippen LogP contribution >= 0.6 is 23.1 Å². The maximum absolute atomic E-state index is 12.8. The molecule has 1 aliphatic rings. The monoisotopic (exact) mass is 407 g/mol. The molecule has 1 N–H and O–H groups in total. The number of amides is 1. The molecule has 1 fully saturated rings. The fourth-order valence-corrected chi connectivity index (χ4v) is 5.64. The highest BCUT2D eigenvalue weighted by molar-refractivity contribution is 7.99. The lowest BCUT2D eigenvalue weighted by Gasteiger charge is -2.34. The van der Waals surface area contributed by atoms with Crippen LogP contribution in [0.4, 0.5) is 0 Å². The zero-order chi connectivity index (χ0) is 19.7. The number of carbonyl (C=O) groups is 1. The summed E-state index contributed by atoms with van der Waals surface area (Å²) in [4.78, 5) is 36.5. The number of fused-ring (bicyclic) bond motifs is 1. The molecule has 0 bridgehead atoms. The van der Waals surface area contributed by atoms with Gasteiger partial charge in [0.1, 0.15) is 10.7 Å². The molecule has 7 heteroatoms. The third-order valence-electron chi connectivity index (χ3n) is 5.79. The van der Waals surface area contributed by atoms with Gasteiger partial charge in [0, 0.05) is 18.0 Å². The van der Waals surface area contributed by atoms with E-state index < -0.39 is 0 Å². The van der Waals surface area contributed by atoms with E-state index in [-0.39, 0.29) is 16.7 Å². The van der Waals surface area contributed by atoms with Crippen molar-refractivity contribution in [1.29, 1.82) is 0 Å². The molecule has 1 atom stereocenters. The molecule has 0 aliphatic heterocycles. The Morgan fingerprint density at radius 3 is 2.67 bits per heavy atom. The van der Waals surface area contributed by atoms with Gasteiger partial charge in [-0.15, -0.1) is 23.1 Å². The van der Waals surface area contributed by atoms with Gasteiger partial charge in [-0.3, -0.25) is 9.59 Å². The SMILES string of the molecule is Cc1sc2nc(CS[C@@H](C)C(=O)N(C)C3CCC(C)CC3)[nH]c(=O)c2c1C. The fraction of sp³-hybridized carbons (Fsp3) is 0.650. The van der Waals surface area contributed by atoms with Crippen LogP contribution in [0.1, 0.15) is 55.8 Å². The summed E-state index contributed by atoms with van der Waals surface area (Å²) >= 11 is 3.10. The Balaban J connectivity index is 1.63. The predicted octanol–water partition coefficient (Wildman–Crippen LogP) is 4.26. The molecule has 5 nitrogen and oxygen atoms in total. The maximum atomic E-state index is 12.8. The molecule has 0 unspecified atom stereocenters. The molecule has 0 spiro atoms. The third kappa shape index (κ3) is 4.40. The number of hydrogen-bond donors (Lipinski definition) is 1. The highest BCUT2D eigenvalue weighted by atomic mass is 32.2. The van der Waals surface area contributed by atoms with E-state index in [1.807, 2.05) is 32.7 Å². The van der Waals surface area contributed by atoms with Gasteiger partial charge in [0.15, 0.2) is 0 Å². The summed E-state index contributed by atoms with van der Waals surface area (Å²) in [5, 5.41) is 0.545. The van der Waals surface area contributed by atoms with Crippen LogP contribution in [-0.4, -0.2) is 39.1 Å². The van der Waals surface area contributed by atoms with Crippen LogP contribution in [0.3, 0.4) is 0 Å². The zero-order valence-electron chi connectivity index (χ0n) is 16.8. The molecule has 0 saturated heterocycles. The predicted molar refractivity (Wildman–Crippen MR) is 115 cm³/mol. The van der Waals surface area contributed by atoms with Crippen molar-refractivity contribution in [1.82, 2.24) is 14.9 Å². The largest absolute Gasteiger partial charge is 0.342 e. The highest BCUT2D eigenvalue weighted by Crippen LogP contribution is 2.29. The number of thiophene rings is 1. The number of nitrogens with one attached hydrogen (secondary N) is 1. The number of nitrogens with zero attached hydrogens (tertiary/aromatic N) is 2. The second-order valence-electron chi connectivity index (χ2n) is 7.79. The number of hydrogen-bond acceptors (Lipinski definition) is 5. The van der Waals surface area contributed by atoms with Crippen molar-refractivity contribution in [3.63, 3.8) is 0 Å². The molecule has 1 saturated carbocycles. The quantitative estimate of drug-likeness (QED) is 0.804. The van der Waals surface area contributed by atoms with Gasteiger partial charge in [-0.05, 0) is 57.9 Å². The second-order valence-corrected chi connectivity index (χ2v) is 10.3. The first-order chi connectivity index (χ1) is 12.8. The van der Waals surface area contributed by atoms with Crippen LogP contribution in [0.5, 0.6) is 0 Å². The van der Waals surface area contributed by atoms with Crippen molar-refractivity contribution in [2.24, 2.45) is 5.92 Å². The number of aryl methyl sites for hydroxylation is 2. The topological polar surface area (TPSA) is 66.1 Å². The summed E-state index contributed by atoms with van der Waals surface area (Å²) in [5.41, 5.74) is 0.930. The van der Waals surface area contributed by atoms with Gasteiger partial charge in [0.25, 0.3) is 5.56 Å². The summed E-state index contributed by atoms with van der Waals surface area (Å²) in [5.74, 6) is 2.13. The van der Waals surface area contributed by atoms with Gasteiger partial charge in [0.2, 0.25) is 5.91 Å². The molecule has 0 aromatic carbocycles.